The van der Waals surface area contributed by atoms with Crippen LogP contribution in [-0.2, 0) is 0 Å². The van der Waals surface area contributed by atoms with E-state index in [1.165, 1.54) is 21.9 Å². The van der Waals surface area contributed by atoms with E-state index in [1.54, 1.807) is 6.20 Å². The fourth-order valence-corrected chi connectivity index (χ4v) is 7.21. The Bertz CT molecular complexity index is 2870. The number of aromatic nitrogens is 3. The molecule has 0 amide bonds. The van der Waals surface area contributed by atoms with Crippen LogP contribution in [-0.4, -0.2) is 15.0 Å². The smallest absolute Gasteiger partial charge is 0.145 e. The van der Waals surface area contributed by atoms with Crippen molar-refractivity contribution in [3.63, 3.8) is 0 Å². The molecule has 0 aliphatic rings. The molecule has 10 rings (SSSR count). The van der Waals surface area contributed by atoms with Gasteiger partial charge in [0.2, 0.25) is 0 Å². The maximum atomic E-state index is 6.59. The molecule has 0 aliphatic heterocycles. The molecule has 0 saturated carbocycles. The first-order chi connectivity index (χ1) is 24.3. The molecule has 4 heterocycles. The van der Waals surface area contributed by atoms with E-state index >= 15 is 0 Å². The summed E-state index contributed by atoms with van der Waals surface area (Å²) < 4.78 is 6.59. The minimum atomic E-state index is 0.817. The normalized spacial score (nSPS) is 11.7. The number of hydrogen-bond acceptors (Lipinski definition) is 4. The zero-order chi connectivity index (χ0) is 32.3. The van der Waals surface area contributed by atoms with Gasteiger partial charge in [-0.1, -0.05) is 115 Å². The second-order valence-electron chi connectivity index (χ2n) is 12.4. The molecule has 4 aromatic heterocycles. The van der Waals surface area contributed by atoms with Gasteiger partial charge in [-0.25, -0.2) is 4.98 Å². The molecule has 0 aliphatic carbocycles. The molecule has 0 saturated heterocycles. The van der Waals surface area contributed by atoms with E-state index in [2.05, 4.69) is 132 Å². The van der Waals surface area contributed by atoms with Gasteiger partial charge < -0.3 is 4.42 Å². The van der Waals surface area contributed by atoms with Crippen LogP contribution in [0.3, 0.4) is 0 Å². The Morgan fingerprint density at radius 2 is 1.20 bits per heavy atom. The lowest BCUT2D eigenvalue weighted by Gasteiger charge is -2.13. The second kappa shape index (κ2) is 11.0. The number of benzene rings is 6. The van der Waals surface area contributed by atoms with Gasteiger partial charge in [0.15, 0.2) is 0 Å². The summed E-state index contributed by atoms with van der Waals surface area (Å²) in [4.78, 5) is 14.7. The third-order valence-corrected chi connectivity index (χ3v) is 9.59. The summed E-state index contributed by atoms with van der Waals surface area (Å²) in [5, 5.41) is 6.62. The Morgan fingerprint density at radius 1 is 0.469 bits per heavy atom. The van der Waals surface area contributed by atoms with Crippen LogP contribution in [0, 0.1) is 0 Å². The summed E-state index contributed by atoms with van der Waals surface area (Å²) in [7, 11) is 0. The Labute approximate surface area is 282 Å². The van der Waals surface area contributed by atoms with Crippen molar-refractivity contribution in [1.82, 2.24) is 15.0 Å². The Kier molecular flexibility index (Phi) is 6.15. The molecule has 0 unspecified atom stereocenters. The van der Waals surface area contributed by atoms with E-state index in [-0.39, 0.29) is 0 Å². The largest absolute Gasteiger partial charge is 0.455 e. The number of para-hydroxylation sites is 1. The highest BCUT2D eigenvalue weighted by Gasteiger charge is 2.19. The second-order valence-corrected chi connectivity index (χ2v) is 12.4. The van der Waals surface area contributed by atoms with Gasteiger partial charge in [0.05, 0.1) is 16.6 Å². The zero-order valence-electron chi connectivity index (χ0n) is 26.3. The molecule has 0 radical (unpaired) electrons. The van der Waals surface area contributed by atoms with Gasteiger partial charge in [0, 0.05) is 51.4 Å². The van der Waals surface area contributed by atoms with Gasteiger partial charge >= 0.3 is 0 Å². The zero-order valence-corrected chi connectivity index (χ0v) is 26.3. The van der Waals surface area contributed by atoms with Crippen LogP contribution in [0.5, 0.6) is 0 Å². The molecule has 0 N–H and O–H groups in total. The van der Waals surface area contributed by atoms with Gasteiger partial charge in [-0.15, -0.1) is 0 Å². The summed E-state index contributed by atoms with van der Waals surface area (Å²) >= 11 is 0. The lowest BCUT2D eigenvalue weighted by molar-refractivity contribution is 0.673. The van der Waals surface area contributed by atoms with Crippen molar-refractivity contribution in [2.75, 3.05) is 0 Å². The fraction of sp³-hybridized carbons (Fsp3) is 0. The average Bonchev–Trinajstić information content (AvgIpc) is 3.56. The molecule has 4 heteroatoms. The highest BCUT2D eigenvalue weighted by molar-refractivity contribution is 6.24. The van der Waals surface area contributed by atoms with Crippen molar-refractivity contribution < 1.29 is 4.42 Å². The predicted molar refractivity (Wildman–Crippen MR) is 201 cm³/mol. The molecule has 6 aromatic carbocycles. The molecular formula is C45H27N3O. The average molecular weight is 626 g/mol. The van der Waals surface area contributed by atoms with Crippen LogP contribution < -0.4 is 0 Å². The van der Waals surface area contributed by atoms with Crippen molar-refractivity contribution in [2.24, 2.45) is 0 Å². The molecule has 0 fully saturated rings. The molecule has 4 nitrogen and oxygen atoms in total. The Morgan fingerprint density at radius 3 is 2.08 bits per heavy atom. The van der Waals surface area contributed by atoms with E-state index < -0.39 is 0 Å². The summed E-state index contributed by atoms with van der Waals surface area (Å²) in [6.45, 7) is 0. The molecule has 0 atom stereocenters. The first-order valence-corrected chi connectivity index (χ1v) is 16.4. The molecular weight excluding hydrogens is 599 g/mol. The van der Waals surface area contributed by atoms with Crippen LogP contribution in [0.4, 0.5) is 0 Å². The lowest BCUT2D eigenvalue weighted by atomic mass is 9.95. The SMILES string of the molecule is c1cncc(-c2cccc(-c3cnc4c(c3)nc(-c3ccc(-c5cccc6ccccc56)cc3)c3ccc5c6ccccc6oc5c34)c2)c1. The lowest BCUT2D eigenvalue weighted by Crippen LogP contribution is -1.93. The van der Waals surface area contributed by atoms with Crippen LogP contribution in [0.25, 0.3) is 99.2 Å². The van der Waals surface area contributed by atoms with Crippen molar-refractivity contribution in [3.05, 3.63) is 164 Å². The summed E-state index contributed by atoms with van der Waals surface area (Å²) in [5.41, 5.74) is 11.9. The summed E-state index contributed by atoms with van der Waals surface area (Å²) in [5.74, 6) is 0. The maximum absolute atomic E-state index is 6.59. The minimum Gasteiger partial charge on any atom is -0.455 e. The monoisotopic (exact) mass is 625 g/mol. The van der Waals surface area contributed by atoms with Gasteiger partial charge in [-0.3, -0.25) is 9.97 Å². The van der Waals surface area contributed by atoms with Gasteiger partial charge in [-0.05, 0) is 63.4 Å². The van der Waals surface area contributed by atoms with Crippen molar-refractivity contribution >= 4 is 54.5 Å². The van der Waals surface area contributed by atoms with Crippen molar-refractivity contribution in [1.29, 1.82) is 0 Å². The number of hydrogen-bond donors (Lipinski definition) is 0. The highest BCUT2D eigenvalue weighted by atomic mass is 16.3. The van der Waals surface area contributed by atoms with Crippen LogP contribution in [0.1, 0.15) is 0 Å². The van der Waals surface area contributed by atoms with Crippen molar-refractivity contribution in [2.45, 2.75) is 0 Å². The number of rotatable bonds is 4. The van der Waals surface area contributed by atoms with Gasteiger partial charge in [0.1, 0.15) is 16.7 Å². The highest BCUT2D eigenvalue weighted by Crippen LogP contribution is 2.41. The fourth-order valence-electron chi connectivity index (χ4n) is 7.21. The van der Waals surface area contributed by atoms with E-state index in [1.807, 2.05) is 30.6 Å². The van der Waals surface area contributed by atoms with E-state index in [0.717, 1.165) is 77.3 Å². The van der Waals surface area contributed by atoms with E-state index in [0.29, 0.717) is 0 Å². The van der Waals surface area contributed by atoms with Crippen LogP contribution >= 0.6 is 0 Å². The standard InChI is InChI=1S/C45H27N3O/c1-2-13-35-28(8-1)9-6-15-36(35)29-17-19-30(20-18-29)43-39-22-21-38-37-14-3-4-16-41(37)49-45(38)42(39)44-40(48-43)25-34(27-47-44)32-11-5-10-31(24-32)33-12-7-23-46-26-33/h1-27H. The summed E-state index contributed by atoms with van der Waals surface area (Å²) in [6.07, 6.45) is 5.64. The minimum absolute atomic E-state index is 0.817. The molecule has 10 aromatic rings. The number of furan rings is 1. The predicted octanol–water partition coefficient (Wildman–Crippen LogP) is 11.9. The quantitative estimate of drug-likeness (QED) is 0.183. The van der Waals surface area contributed by atoms with Crippen molar-refractivity contribution in [3.8, 4) is 44.6 Å². The number of fused-ring (bicyclic) bond motifs is 8. The third kappa shape index (κ3) is 4.49. The number of nitrogens with zero attached hydrogens (tertiary/aromatic N) is 3. The van der Waals surface area contributed by atoms with Gasteiger partial charge in [-0.2, -0.15) is 0 Å². The molecule has 0 spiro atoms. The first kappa shape index (κ1) is 27.5. The Balaban J connectivity index is 1.19. The first-order valence-electron chi connectivity index (χ1n) is 16.4. The number of pyridine rings is 3. The topological polar surface area (TPSA) is 51.8 Å². The summed E-state index contributed by atoms with van der Waals surface area (Å²) in [6, 6.07) is 51.0. The maximum Gasteiger partial charge on any atom is 0.145 e. The van der Waals surface area contributed by atoms with Crippen LogP contribution in [0.15, 0.2) is 169 Å². The molecule has 0 bridgehead atoms. The van der Waals surface area contributed by atoms with E-state index in [4.69, 9.17) is 14.4 Å². The van der Waals surface area contributed by atoms with Crippen LogP contribution in [0.2, 0.25) is 0 Å². The van der Waals surface area contributed by atoms with E-state index in [9.17, 15) is 0 Å². The molecule has 228 valence electrons. The third-order valence-electron chi connectivity index (χ3n) is 9.59. The molecule has 49 heavy (non-hydrogen) atoms. The van der Waals surface area contributed by atoms with Gasteiger partial charge in [0.25, 0.3) is 0 Å². The Hall–Kier alpha value is -6.65.